The van der Waals surface area contributed by atoms with Gasteiger partial charge in [-0.05, 0) is 42.8 Å². The minimum Gasteiger partial charge on any atom is -0.382 e. The highest BCUT2D eigenvalue weighted by atomic mass is 32.2. The van der Waals surface area contributed by atoms with Gasteiger partial charge in [0.15, 0.2) is 11.0 Å². The Morgan fingerprint density at radius 2 is 1.76 bits per heavy atom. The van der Waals surface area contributed by atoms with E-state index in [1.54, 1.807) is 12.1 Å². The molecule has 172 valence electrons. The fourth-order valence-electron chi connectivity index (χ4n) is 2.69. The lowest BCUT2D eigenvalue weighted by molar-refractivity contribution is -0.137. The van der Waals surface area contributed by atoms with Crippen LogP contribution >= 0.6 is 11.8 Å². The van der Waals surface area contributed by atoms with E-state index in [0.29, 0.717) is 5.69 Å². The van der Waals surface area contributed by atoms with Gasteiger partial charge in [0.25, 0.3) is 11.5 Å². The van der Waals surface area contributed by atoms with E-state index in [4.69, 9.17) is 5.73 Å². The number of aryl methyl sites for hydroxylation is 1. The Morgan fingerprint density at radius 3 is 2.36 bits per heavy atom. The molecule has 2 aromatic carbocycles. The smallest absolute Gasteiger partial charge is 0.382 e. The number of alkyl halides is 3. The van der Waals surface area contributed by atoms with Crippen LogP contribution in [0.25, 0.3) is 0 Å². The number of thioether (sulfide) groups is 1. The number of halogens is 3. The molecule has 3 aromatic rings. The third-order valence-electron chi connectivity index (χ3n) is 4.40. The third-order valence-corrected chi connectivity index (χ3v) is 5.27. The van der Waals surface area contributed by atoms with Gasteiger partial charge >= 0.3 is 6.18 Å². The summed E-state index contributed by atoms with van der Waals surface area (Å²) < 4.78 is 38.0. The van der Waals surface area contributed by atoms with Crippen LogP contribution in [0.5, 0.6) is 0 Å². The van der Waals surface area contributed by atoms with E-state index >= 15 is 0 Å². The predicted molar refractivity (Wildman–Crippen MR) is 119 cm³/mol. The lowest BCUT2D eigenvalue weighted by Crippen LogP contribution is -2.23. The standard InChI is InChI=1S/C21H18F3N5O3S/c1-11-4-2-3-5-14(11)26-15(30)10-33-20-28-17(25)16(19(32)29-20)27-18(31)12-6-8-13(9-7-12)21(22,23)24/h2-9H,10H2,1H3,(H,26,30)(H,27,31)(H3,25,28,29,32). The van der Waals surface area contributed by atoms with Crippen LogP contribution in [-0.4, -0.2) is 27.5 Å². The number of carbonyl (C=O) groups excluding carboxylic acids is 2. The fraction of sp³-hybridized carbons (Fsp3) is 0.143. The maximum Gasteiger partial charge on any atom is 0.416 e. The Balaban J connectivity index is 1.65. The summed E-state index contributed by atoms with van der Waals surface area (Å²) in [5, 5.41) is 5.04. The molecule has 0 unspecified atom stereocenters. The Labute approximate surface area is 189 Å². The van der Waals surface area contributed by atoms with Crippen LogP contribution in [-0.2, 0) is 11.0 Å². The lowest BCUT2D eigenvalue weighted by atomic mass is 10.1. The number of nitrogens with one attached hydrogen (secondary N) is 3. The minimum atomic E-state index is -4.54. The van der Waals surface area contributed by atoms with Crippen LogP contribution in [0.1, 0.15) is 21.5 Å². The molecule has 3 rings (SSSR count). The molecule has 0 spiro atoms. The number of amides is 2. The summed E-state index contributed by atoms with van der Waals surface area (Å²) in [6.07, 6.45) is -4.54. The number of aromatic nitrogens is 2. The molecule has 0 aliphatic rings. The van der Waals surface area contributed by atoms with Crippen LogP contribution in [0.3, 0.4) is 0 Å². The lowest BCUT2D eigenvalue weighted by Gasteiger charge is -2.10. The average Bonchev–Trinajstić information content (AvgIpc) is 2.76. The maximum atomic E-state index is 12.7. The molecule has 0 aliphatic carbocycles. The van der Waals surface area contributed by atoms with Gasteiger partial charge in [0.2, 0.25) is 5.91 Å². The third kappa shape index (κ3) is 6.13. The van der Waals surface area contributed by atoms with E-state index in [0.717, 1.165) is 41.6 Å². The Kier molecular flexibility index (Phi) is 7.07. The first-order chi connectivity index (χ1) is 15.5. The molecular formula is C21H18F3N5O3S. The number of nitrogens with two attached hydrogens (primary N) is 1. The monoisotopic (exact) mass is 477 g/mol. The molecule has 1 aromatic heterocycles. The molecule has 0 fully saturated rings. The molecule has 8 nitrogen and oxygen atoms in total. The average molecular weight is 477 g/mol. The highest BCUT2D eigenvalue weighted by molar-refractivity contribution is 7.99. The summed E-state index contributed by atoms with van der Waals surface area (Å²) in [6.45, 7) is 1.85. The first-order valence-electron chi connectivity index (χ1n) is 9.41. The van der Waals surface area contributed by atoms with E-state index in [2.05, 4.69) is 20.6 Å². The van der Waals surface area contributed by atoms with Gasteiger partial charge in [-0.3, -0.25) is 19.4 Å². The van der Waals surface area contributed by atoms with Crippen molar-refractivity contribution < 1.29 is 22.8 Å². The summed E-state index contributed by atoms with van der Waals surface area (Å²) in [7, 11) is 0. The normalized spacial score (nSPS) is 11.2. The Hall–Kier alpha value is -3.80. The van der Waals surface area contributed by atoms with Gasteiger partial charge in [0, 0.05) is 11.3 Å². The summed E-state index contributed by atoms with van der Waals surface area (Å²) in [4.78, 5) is 43.2. The second-order valence-electron chi connectivity index (χ2n) is 6.81. The van der Waals surface area contributed by atoms with Crippen LogP contribution in [0.2, 0.25) is 0 Å². The zero-order chi connectivity index (χ0) is 24.2. The second-order valence-corrected chi connectivity index (χ2v) is 7.78. The number of carbonyl (C=O) groups is 2. The number of nitrogen functional groups attached to an aromatic ring is 1. The molecule has 0 aliphatic heterocycles. The van der Waals surface area contributed by atoms with Crippen molar-refractivity contribution in [3.63, 3.8) is 0 Å². The van der Waals surface area contributed by atoms with Gasteiger partial charge in [-0.25, -0.2) is 4.98 Å². The summed E-state index contributed by atoms with van der Waals surface area (Å²) >= 11 is 0.932. The molecule has 5 N–H and O–H groups in total. The summed E-state index contributed by atoms with van der Waals surface area (Å²) in [5.41, 5.74) is 5.18. The van der Waals surface area contributed by atoms with Crippen LogP contribution in [0, 0.1) is 6.92 Å². The summed E-state index contributed by atoms with van der Waals surface area (Å²) in [6, 6.07) is 10.7. The van der Waals surface area contributed by atoms with Crippen molar-refractivity contribution in [1.29, 1.82) is 0 Å². The molecule has 2 amide bonds. The number of H-pyrrole nitrogens is 1. The van der Waals surface area contributed by atoms with Gasteiger partial charge < -0.3 is 16.4 Å². The van der Waals surface area contributed by atoms with Crippen molar-refractivity contribution in [3.8, 4) is 0 Å². The zero-order valence-corrected chi connectivity index (χ0v) is 17.9. The topological polar surface area (TPSA) is 130 Å². The quantitative estimate of drug-likeness (QED) is 0.317. The molecule has 0 bridgehead atoms. The molecule has 1 heterocycles. The largest absolute Gasteiger partial charge is 0.416 e. The van der Waals surface area contributed by atoms with Crippen molar-refractivity contribution in [2.75, 3.05) is 22.1 Å². The van der Waals surface area contributed by atoms with Gasteiger partial charge in [0.05, 0.1) is 11.3 Å². The van der Waals surface area contributed by atoms with E-state index in [-0.39, 0.29) is 33.9 Å². The number of anilines is 3. The number of para-hydroxylation sites is 1. The molecule has 0 saturated carbocycles. The van der Waals surface area contributed by atoms with E-state index in [9.17, 15) is 27.6 Å². The van der Waals surface area contributed by atoms with Gasteiger partial charge in [-0.1, -0.05) is 30.0 Å². The minimum absolute atomic E-state index is 0.0602. The van der Waals surface area contributed by atoms with Crippen molar-refractivity contribution in [1.82, 2.24) is 9.97 Å². The van der Waals surface area contributed by atoms with Crippen LogP contribution in [0.15, 0.2) is 58.5 Å². The van der Waals surface area contributed by atoms with Gasteiger partial charge in [-0.2, -0.15) is 13.2 Å². The molecular weight excluding hydrogens is 459 g/mol. The number of hydrogen-bond donors (Lipinski definition) is 4. The SMILES string of the molecule is Cc1ccccc1NC(=O)CSc1nc(N)c(NC(=O)c2ccc(C(F)(F)F)cc2)c(=O)[nH]1. The van der Waals surface area contributed by atoms with Gasteiger partial charge in [0.1, 0.15) is 5.69 Å². The second kappa shape index (κ2) is 9.77. The fourth-order valence-corrected chi connectivity index (χ4v) is 3.36. The van der Waals surface area contributed by atoms with Gasteiger partial charge in [-0.15, -0.1) is 0 Å². The molecule has 33 heavy (non-hydrogen) atoms. The number of rotatable bonds is 6. The van der Waals surface area contributed by atoms with Crippen molar-refractivity contribution >= 4 is 40.8 Å². The Bertz CT molecular complexity index is 1240. The van der Waals surface area contributed by atoms with Crippen molar-refractivity contribution in [2.45, 2.75) is 18.3 Å². The number of hydrogen-bond acceptors (Lipinski definition) is 6. The van der Waals surface area contributed by atoms with E-state index in [1.165, 1.54) is 0 Å². The molecule has 0 radical (unpaired) electrons. The first kappa shape index (κ1) is 23.9. The van der Waals surface area contributed by atoms with Crippen LogP contribution < -0.4 is 21.9 Å². The van der Waals surface area contributed by atoms with Crippen LogP contribution in [0.4, 0.5) is 30.4 Å². The highest BCUT2D eigenvalue weighted by Crippen LogP contribution is 2.29. The molecule has 0 atom stereocenters. The molecule has 0 saturated heterocycles. The first-order valence-corrected chi connectivity index (χ1v) is 10.4. The summed E-state index contributed by atoms with van der Waals surface area (Å²) in [5.74, 6) is -1.52. The maximum absolute atomic E-state index is 12.7. The van der Waals surface area contributed by atoms with Crippen molar-refractivity contribution in [2.24, 2.45) is 0 Å². The Morgan fingerprint density at radius 1 is 1.09 bits per heavy atom. The zero-order valence-electron chi connectivity index (χ0n) is 17.1. The number of aromatic amines is 1. The van der Waals surface area contributed by atoms with Crippen molar-refractivity contribution in [3.05, 3.63) is 75.6 Å². The highest BCUT2D eigenvalue weighted by Gasteiger charge is 2.30. The number of benzene rings is 2. The van der Waals surface area contributed by atoms with E-state index in [1.807, 2.05) is 19.1 Å². The number of nitrogens with zero attached hydrogens (tertiary/aromatic N) is 1. The predicted octanol–water partition coefficient (Wildman–Crippen LogP) is 3.66. The molecule has 12 heteroatoms. The van der Waals surface area contributed by atoms with E-state index < -0.39 is 23.2 Å².